The first-order chi connectivity index (χ1) is 15.6. The maximum atomic E-state index is 12.4. The van der Waals surface area contributed by atoms with Crippen molar-refractivity contribution in [3.8, 4) is 0 Å². The van der Waals surface area contributed by atoms with Crippen molar-refractivity contribution in [2.45, 2.75) is 32.1 Å². The topological polar surface area (TPSA) is 94.6 Å². The van der Waals surface area contributed by atoms with Gasteiger partial charge in [-0.3, -0.25) is 19.4 Å². The Kier molecular flexibility index (Phi) is 6.99. The third kappa shape index (κ3) is 5.43. The Morgan fingerprint density at radius 2 is 1.75 bits per heavy atom. The second-order valence-corrected chi connectivity index (χ2v) is 8.35. The number of piperidine rings is 2. The first-order valence-corrected chi connectivity index (χ1v) is 11.2. The Bertz CT molecular complexity index is 957. The average molecular weight is 436 g/mol. The molecule has 168 valence electrons. The molecule has 0 unspecified atom stereocenters. The molecule has 0 radical (unpaired) electrons. The van der Waals surface area contributed by atoms with E-state index in [1.807, 2.05) is 18.2 Å². The van der Waals surface area contributed by atoms with Crippen molar-refractivity contribution in [2.75, 3.05) is 41.3 Å². The monoisotopic (exact) mass is 435 g/mol. The van der Waals surface area contributed by atoms with E-state index in [-0.39, 0.29) is 5.91 Å². The molecule has 2 fully saturated rings. The quantitative estimate of drug-likeness (QED) is 0.704. The van der Waals surface area contributed by atoms with Gasteiger partial charge in [0.15, 0.2) is 0 Å². The fourth-order valence-corrected chi connectivity index (χ4v) is 4.29. The molecule has 2 aliphatic rings. The number of hydrogen-bond donors (Lipinski definition) is 2. The second-order valence-electron chi connectivity index (χ2n) is 8.35. The fraction of sp³-hybridized carbons (Fsp3) is 0.417. The van der Waals surface area contributed by atoms with Crippen LogP contribution in [0.25, 0.3) is 0 Å². The lowest BCUT2D eigenvalue weighted by molar-refractivity contribution is -0.136. The predicted molar refractivity (Wildman–Crippen MR) is 123 cm³/mol. The average Bonchev–Trinajstić information content (AvgIpc) is 2.84. The Hall–Kier alpha value is -3.42. The number of carbonyl (C=O) groups excluding carboxylic acids is 3. The lowest BCUT2D eigenvalue weighted by atomic mass is 9.96. The Morgan fingerprint density at radius 1 is 0.969 bits per heavy atom. The number of nitrogens with zero attached hydrogens (tertiary/aromatic N) is 3. The summed E-state index contributed by atoms with van der Waals surface area (Å²) in [6.07, 6.45) is 7.91. The third-order valence-electron chi connectivity index (χ3n) is 6.14. The van der Waals surface area contributed by atoms with E-state index in [0.717, 1.165) is 50.1 Å². The highest BCUT2D eigenvalue weighted by Gasteiger charge is 2.23. The highest BCUT2D eigenvalue weighted by atomic mass is 16.2. The summed E-state index contributed by atoms with van der Waals surface area (Å²) >= 11 is 0. The van der Waals surface area contributed by atoms with Crippen LogP contribution >= 0.6 is 0 Å². The summed E-state index contributed by atoms with van der Waals surface area (Å²) in [6, 6.07) is 11.1. The van der Waals surface area contributed by atoms with Crippen LogP contribution in [0, 0.1) is 5.92 Å². The van der Waals surface area contributed by atoms with Crippen LogP contribution in [-0.2, 0) is 14.4 Å². The van der Waals surface area contributed by atoms with Gasteiger partial charge in [-0.25, -0.2) is 0 Å². The third-order valence-corrected chi connectivity index (χ3v) is 6.14. The lowest BCUT2D eigenvalue weighted by Crippen LogP contribution is -2.41. The molecule has 0 saturated carbocycles. The van der Waals surface area contributed by atoms with Crippen molar-refractivity contribution in [1.29, 1.82) is 0 Å². The lowest BCUT2D eigenvalue weighted by Gasteiger charge is -2.33. The normalized spacial score (nSPS) is 17.2. The molecule has 0 atom stereocenters. The summed E-state index contributed by atoms with van der Waals surface area (Å²) in [4.78, 5) is 44.9. The minimum absolute atomic E-state index is 0.0902. The maximum absolute atomic E-state index is 12.4. The molecule has 3 heterocycles. The molecule has 1 aromatic carbocycles. The van der Waals surface area contributed by atoms with Gasteiger partial charge in [0.05, 0.1) is 0 Å². The smallest absolute Gasteiger partial charge is 0.313 e. The molecule has 8 nitrogen and oxygen atoms in total. The van der Waals surface area contributed by atoms with Gasteiger partial charge in [0.2, 0.25) is 5.91 Å². The molecule has 2 aromatic rings. The number of rotatable bonds is 5. The van der Waals surface area contributed by atoms with Crippen LogP contribution in [0.4, 0.5) is 17.1 Å². The Balaban J connectivity index is 1.24. The van der Waals surface area contributed by atoms with Gasteiger partial charge >= 0.3 is 11.8 Å². The van der Waals surface area contributed by atoms with Crippen LogP contribution < -0.4 is 20.4 Å². The maximum Gasteiger partial charge on any atom is 0.313 e. The van der Waals surface area contributed by atoms with Crippen LogP contribution in [0.2, 0.25) is 0 Å². The molecule has 32 heavy (non-hydrogen) atoms. The molecule has 2 saturated heterocycles. The molecule has 3 amide bonds. The number of carbonyl (C=O) groups is 3. The van der Waals surface area contributed by atoms with E-state index in [2.05, 4.69) is 20.5 Å². The van der Waals surface area contributed by atoms with E-state index < -0.39 is 11.8 Å². The zero-order valence-electron chi connectivity index (χ0n) is 18.1. The molecular formula is C24H29N5O3. The molecule has 0 spiro atoms. The number of nitrogens with one attached hydrogen (secondary N) is 2. The molecule has 0 bridgehead atoms. The first-order valence-electron chi connectivity index (χ1n) is 11.2. The number of hydrogen-bond acceptors (Lipinski definition) is 5. The number of amides is 3. The van der Waals surface area contributed by atoms with E-state index in [1.165, 1.54) is 0 Å². The fourth-order valence-electron chi connectivity index (χ4n) is 4.29. The highest BCUT2D eigenvalue weighted by Crippen LogP contribution is 2.24. The molecule has 4 rings (SSSR count). The first kappa shape index (κ1) is 21.8. The zero-order chi connectivity index (χ0) is 22.3. The van der Waals surface area contributed by atoms with Crippen molar-refractivity contribution < 1.29 is 14.4 Å². The van der Waals surface area contributed by atoms with Gasteiger partial charge in [0.25, 0.3) is 0 Å². The van der Waals surface area contributed by atoms with Crippen molar-refractivity contribution in [3.63, 3.8) is 0 Å². The molecule has 0 aliphatic carbocycles. The Labute approximate surface area is 188 Å². The molecule has 8 heteroatoms. The van der Waals surface area contributed by atoms with Crippen LogP contribution in [-0.4, -0.2) is 48.9 Å². The number of benzene rings is 1. The van der Waals surface area contributed by atoms with E-state index in [9.17, 15) is 14.4 Å². The van der Waals surface area contributed by atoms with Gasteiger partial charge in [-0.2, -0.15) is 0 Å². The van der Waals surface area contributed by atoms with Gasteiger partial charge < -0.3 is 20.4 Å². The molecule has 1 aromatic heterocycles. The number of pyridine rings is 1. The van der Waals surface area contributed by atoms with Gasteiger partial charge in [0.1, 0.15) is 0 Å². The SMILES string of the molecule is O=C(NCC1CCN(c2ccncc2)CC1)C(=O)Nc1cccc(N2CCCCC2=O)c1. The van der Waals surface area contributed by atoms with Crippen LogP contribution in [0.3, 0.4) is 0 Å². The summed E-state index contributed by atoms with van der Waals surface area (Å²) in [5.74, 6) is -0.895. The summed E-state index contributed by atoms with van der Waals surface area (Å²) in [5.41, 5.74) is 2.41. The minimum atomic E-state index is -0.693. The van der Waals surface area contributed by atoms with Gasteiger partial charge in [-0.05, 0) is 61.9 Å². The van der Waals surface area contributed by atoms with Crippen LogP contribution in [0.15, 0.2) is 48.8 Å². The summed E-state index contributed by atoms with van der Waals surface area (Å²) in [5, 5.41) is 5.42. The molecule has 2 aliphatic heterocycles. The van der Waals surface area contributed by atoms with Crippen molar-refractivity contribution in [3.05, 3.63) is 48.8 Å². The molecule has 2 N–H and O–H groups in total. The molecular weight excluding hydrogens is 406 g/mol. The van der Waals surface area contributed by atoms with Crippen LogP contribution in [0.1, 0.15) is 32.1 Å². The number of anilines is 3. The van der Waals surface area contributed by atoms with Gasteiger partial charge in [0, 0.05) is 62.1 Å². The van der Waals surface area contributed by atoms with E-state index in [0.29, 0.717) is 31.1 Å². The predicted octanol–water partition coefficient (Wildman–Crippen LogP) is 2.57. The van der Waals surface area contributed by atoms with E-state index >= 15 is 0 Å². The van der Waals surface area contributed by atoms with Gasteiger partial charge in [-0.1, -0.05) is 6.07 Å². The van der Waals surface area contributed by atoms with E-state index in [4.69, 9.17) is 0 Å². The summed E-state index contributed by atoms with van der Waals surface area (Å²) in [6.45, 7) is 2.99. The van der Waals surface area contributed by atoms with Crippen molar-refractivity contribution in [2.24, 2.45) is 5.92 Å². The van der Waals surface area contributed by atoms with Crippen LogP contribution in [0.5, 0.6) is 0 Å². The summed E-state index contributed by atoms with van der Waals surface area (Å²) < 4.78 is 0. The van der Waals surface area contributed by atoms with Crippen molar-refractivity contribution in [1.82, 2.24) is 10.3 Å². The van der Waals surface area contributed by atoms with Gasteiger partial charge in [-0.15, -0.1) is 0 Å². The highest BCUT2D eigenvalue weighted by molar-refractivity contribution is 6.39. The van der Waals surface area contributed by atoms with E-state index in [1.54, 1.807) is 35.5 Å². The standard InChI is InChI=1S/C24H29N5O3/c30-22-6-1-2-13-29(22)21-5-3-4-19(16-21)27-24(32)23(31)26-17-18-9-14-28(15-10-18)20-7-11-25-12-8-20/h3-5,7-8,11-12,16,18H,1-2,6,9-10,13-15,17H2,(H,26,31)(H,27,32). The zero-order valence-corrected chi connectivity index (χ0v) is 18.1. The largest absolute Gasteiger partial charge is 0.371 e. The second kappa shape index (κ2) is 10.3. The Morgan fingerprint density at radius 3 is 2.50 bits per heavy atom. The minimum Gasteiger partial charge on any atom is -0.371 e. The number of aromatic nitrogens is 1. The summed E-state index contributed by atoms with van der Waals surface area (Å²) in [7, 11) is 0. The van der Waals surface area contributed by atoms with Crippen molar-refractivity contribution >= 4 is 34.8 Å².